The SMILES string of the molecule is CN(C)CCOC(=O)CN1C(=O)CCC1=O. The summed E-state index contributed by atoms with van der Waals surface area (Å²) in [6.07, 6.45) is 0.396. The molecule has 0 unspecified atom stereocenters. The van der Waals surface area contributed by atoms with E-state index in [1.165, 1.54) is 0 Å². The van der Waals surface area contributed by atoms with Gasteiger partial charge in [-0.1, -0.05) is 0 Å². The Morgan fingerprint density at radius 3 is 2.38 bits per heavy atom. The van der Waals surface area contributed by atoms with Crippen molar-refractivity contribution in [2.75, 3.05) is 33.8 Å². The Morgan fingerprint density at radius 1 is 1.31 bits per heavy atom. The lowest BCUT2D eigenvalue weighted by Crippen LogP contribution is -2.35. The number of carbonyl (C=O) groups is 3. The zero-order valence-electron chi connectivity index (χ0n) is 9.56. The van der Waals surface area contributed by atoms with Gasteiger partial charge in [-0.05, 0) is 14.1 Å². The normalized spacial score (nSPS) is 16.1. The van der Waals surface area contributed by atoms with E-state index >= 15 is 0 Å². The van der Waals surface area contributed by atoms with Crippen LogP contribution in [0.2, 0.25) is 0 Å². The fraction of sp³-hybridized carbons (Fsp3) is 0.700. The number of ether oxygens (including phenoxy) is 1. The Hall–Kier alpha value is -1.43. The highest BCUT2D eigenvalue weighted by molar-refractivity contribution is 6.04. The summed E-state index contributed by atoms with van der Waals surface area (Å²) < 4.78 is 4.88. The van der Waals surface area contributed by atoms with Gasteiger partial charge in [0.15, 0.2) is 0 Å². The molecule has 90 valence electrons. The van der Waals surface area contributed by atoms with E-state index in [0.29, 0.717) is 6.54 Å². The summed E-state index contributed by atoms with van der Waals surface area (Å²) in [5, 5.41) is 0. The van der Waals surface area contributed by atoms with Gasteiger partial charge in [-0.25, -0.2) is 0 Å². The molecule has 2 amide bonds. The minimum atomic E-state index is -0.537. The fourth-order valence-electron chi connectivity index (χ4n) is 1.32. The molecule has 6 nitrogen and oxygen atoms in total. The lowest BCUT2D eigenvalue weighted by atomic mass is 10.4. The average molecular weight is 228 g/mol. The van der Waals surface area contributed by atoms with Crippen molar-refractivity contribution in [1.82, 2.24) is 9.80 Å². The number of likely N-dealkylation sites (N-methyl/N-ethyl adjacent to an activating group) is 1. The van der Waals surface area contributed by atoms with E-state index in [0.717, 1.165) is 4.90 Å². The molecule has 6 heteroatoms. The van der Waals surface area contributed by atoms with E-state index in [1.807, 2.05) is 19.0 Å². The van der Waals surface area contributed by atoms with Crippen LogP contribution in [-0.2, 0) is 19.1 Å². The van der Waals surface area contributed by atoms with E-state index in [9.17, 15) is 14.4 Å². The van der Waals surface area contributed by atoms with E-state index in [4.69, 9.17) is 4.74 Å². The minimum absolute atomic E-state index is 0.198. The van der Waals surface area contributed by atoms with Crippen molar-refractivity contribution < 1.29 is 19.1 Å². The van der Waals surface area contributed by atoms with E-state index < -0.39 is 5.97 Å². The molecule has 0 aromatic heterocycles. The molecule has 0 radical (unpaired) electrons. The zero-order chi connectivity index (χ0) is 12.1. The molecule has 0 N–H and O–H groups in total. The Morgan fingerprint density at radius 2 is 1.88 bits per heavy atom. The predicted molar refractivity (Wildman–Crippen MR) is 55.5 cm³/mol. The van der Waals surface area contributed by atoms with Gasteiger partial charge in [0.1, 0.15) is 13.2 Å². The van der Waals surface area contributed by atoms with Gasteiger partial charge in [0.25, 0.3) is 0 Å². The highest BCUT2D eigenvalue weighted by Gasteiger charge is 2.30. The Bertz CT molecular complexity index is 285. The predicted octanol–water partition coefficient (Wildman–Crippen LogP) is -0.760. The lowest BCUT2D eigenvalue weighted by Gasteiger charge is -2.14. The average Bonchev–Trinajstić information content (AvgIpc) is 2.49. The van der Waals surface area contributed by atoms with Gasteiger partial charge in [0.05, 0.1) is 0 Å². The monoisotopic (exact) mass is 228 g/mol. The summed E-state index contributed by atoms with van der Waals surface area (Å²) in [7, 11) is 3.72. The molecule has 0 spiro atoms. The molecule has 1 aliphatic heterocycles. The van der Waals surface area contributed by atoms with Crippen LogP contribution < -0.4 is 0 Å². The van der Waals surface area contributed by atoms with Gasteiger partial charge in [-0.15, -0.1) is 0 Å². The molecule has 1 aliphatic rings. The number of likely N-dealkylation sites (tertiary alicyclic amines) is 1. The number of hydrogen-bond acceptors (Lipinski definition) is 5. The van der Waals surface area contributed by atoms with E-state index in [2.05, 4.69) is 0 Å². The molecule has 0 saturated carbocycles. The van der Waals surface area contributed by atoms with Crippen molar-refractivity contribution in [3.8, 4) is 0 Å². The summed E-state index contributed by atoms with van der Waals surface area (Å²) in [6.45, 7) is 0.626. The minimum Gasteiger partial charge on any atom is -0.463 e. The van der Waals surface area contributed by atoms with E-state index in [1.54, 1.807) is 0 Å². The second-order valence-electron chi connectivity index (χ2n) is 3.90. The topological polar surface area (TPSA) is 66.9 Å². The van der Waals surface area contributed by atoms with Crippen LogP contribution in [0.5, 0.6) is 0 Å². The fourth-order valence-corrected chi connectivity index (χ4v) is 1.32. The third kappa shape index (κ3) is 3.62. The molecule has 1 rings (SSSR count). The molecular formula is C10H16N2O4. The molecule has 1 fully saturated rings. The number of esters is 1. The number of carbonyl (C=O) groups excluding carboxylic acids is 3. The molecule has 16 heavy (non-hydrogen) atoms. The van der Waals surface area contributed by atoms with Crippen LogP contribution in [0.15, 0.2) is 0 Å². The van der Waals surface area contributed by atoms with Crippen molar-refractivity contribution in [2.45, 2.75) is 12.8 Å². The van der Waals surface area contributed by atoms with Crippen LogP contribution in [-0.4, -0.2) is 61.4 Å². The molecule has 0 bridgehead atoms. The second-order valence-corrected chi connectivity index (χ2v) is 3.90. The van der Waals surface area contributed by atoms with Crippen LogP contribution >= 0.6 is 0 Å². The summed E-state index contributed by atoms with van der Waals surface area (Å²) in [5.41, 5.74) is 0. The Balaban J connectivity index is 2.28. The molecule has 0 aromatic carbocycles. The first-order valence-electron chi connectivity index (χ1n) is 5.14. The number of nitrogens with zero attached hydrogens (tertiary/aromatic N) is 2. The maximum atomic E-state index is 11.3. The van der Waals surface area contributed by atoms with Crippen molar-refractivity contribution in [3.05, 3.63) is 0 Å². The quantitative estimate of drug-likeness (QED) is 0.457. The molecule has 1 heterocycles. The van der Waals surface area contributed by atoms with Crippen molar-refractivity contribution >= 4 is 17.8 Å². The number of amides is 2. The zero-order valence-corrected chi connectivity index (χ0v) is 9.56. The first-order chi connectivity index (χ1) is 7.50. The standard InChI is InChI=1S/C10H16N2O4/c1-11(2)5-6-16-10(15)7-12-8(13)3-4-9(12)14/h3-7H2,1-2H3. The Kier molecular flexibility index (Phi) is 4.42. The van der Waals surface area contributed by atoms with Gasteiger partial charge in [-0.2, -0.15) is 0 Å². The first kappa shape index (κ1) is 12.6. The third-order valence-corrected chi connectivity index (χ3v) is 2.24. The van der Waals surface area contributed by atoms with Crippen molar-refractivity contribution in [1.29, 1.82) is 0 Å². The third-order valence-electron chi connectivity index (χ3n) is 2.24. The molecular weight excluding hydrogens is 212 g/mol. The lowest BCUT2D eigenvalue weighted by molar-refractivity contribution is -0.152. The summed E-state index contributed by atoms with van der Waals surface area (Å²) in [5.74, 6) is -1.13. The second kappa shape index (κ2) is 5.60. The van der Waals surface area contributed by atoms with Crippen molar-refractivity contribution in [3.63, 3.8) is 0 Å². The molecule has 0 aromatic rings. The smallest absolute Gasteiger partial charge is 0.326 e. The number of hydrogen-bond donors (Lipinski definition) is 0. The van der Waals surface area contributed by atoms with Gasteiger partial charge >= 0.3 is 5.97 Å². The summed E-state index contributed by atoms with van der Waals surface area (Å²) >= 11 is 0. The summed E-state index contributed by atoms with van der Waals surface area (Å²) in [6, 6.07) is 0. The van der Waals surface area contributed by atoms with E-state index in [-0.39, 0.29) is 37.8 Å². The highest BCUT2D eigenvalue weighted by atomic mass is 16.5. The summed E-state index contributed by atoms with van der Waals surface area (Å²) in [4.78, 5) is 36.5. The van der Waals surface area contributed by atoms with Crippen LogP contribution in [0.1, 0.15) is 12.8 Å². The van der Waals surface area contributed by atoms with Crippen LogP contribution in [0.4, 0.5) is 0 Å². The first-order valence-corrected chi connectivity index (χ1v) is 5.14. The van der Waals surface area contributed by atoms with Gasteiger partial charge < -0.3 is 9.64 Å². The van der Waals surface area contributed by atoms with Gasteiger partial charge in [-0.3, -0.25) is 19.3 Å². The number of imide groups is 1. The largest absolute Gasteiger partial charge is 0.463 e. The van der Waals surface area contributed by atoms with Crippen molar-refractivity contribution in [2.24, 2.45) is 0 Å². The molecule has 1 saturated heterocycles. The molecule has 0 atom stereocenters. The number of rotatable bonds is 5. The maximum absolute atomic E-state index is 11.3. The van der Waals surface area contributed by atoms with Crippen LogP contribution in [0, 0.1) is 0 Å². The van der Waals surface area contributed by atoms with Gasteiger partial charge in [0.2, 0.25) is 11.8 Å². The van der Waals surface area contributed by atoms with Crippen LogP contribution in [0.25, 0.3) is 0 Å². The van der Waals surface area contributed by atoms with Gasteiger partial charge in [0, 0.05) is 19.4 Å². The van der Waals surface area contributed by atoms with Crippen LogP contribution in [0.3, 0.4) is 0 Å². The Labute approximate surface area is 94.1 Å². The molecule has 0 aliphatic carbocycles. The highest BCUT2D eigenvalue weighted by Crippen LogP contribution is 2.10. The maximum Gasteiger partial charge on any atom is 0.326 e.